The van der Waals surface area contributed by atoms with E-state index in [1.165, 1.54) is 0 Å². The van der Waals surface area contributed by atoms with E-state index in [-0.39, 0.29) is 11.8 Å². The number of anilines is 1. The number of phenols is 1. The zero-order valence-corrected chi connectivity index (χ0v) is 16.0. The molecular formula is C22H18Cl2N2O. The van der Waals surface area contributed by atoms with Crippen molar-refractivity contribution in [1.82, 2.24) is 0 Å². The molecule has 0 aliphatic carbocycles. The minimum Gasteiger partial charge on any atom is -0.508 e. The van der Waals surface area contributed by atoms with Crippen LogP contribution in [0.2, 0.25) is 10.0 Å². The maximum Gasteiger partial charge on any atom is 0.115 e. The molecule has 0 saturated carbocycles. The van der Waals surface area contributed by atoms with Gasteiger partial charge in [0.1, 0.15) is 5.75 Å². The van der Waals surface area contributed by atoms with Gasteiger partial charge in [0.2, 0.25) is 0 Å². The van der Waals surface area contributed by atoms with Gasteiger partial charge in [-0.15, -0.1) is 0 Å². The number of nitrogens with zero attached hydrogens (tertiary/aromatic N) is 1. The number of benzene rings is 3. The lowest BCUT2D eigenvalue weighted by Gasteiger charge is -2.13. The van der Waals surface area contributed by atoms with Gasteiger partial charge in [-0.2, -0.15) is 0 Å². The van der Waals surface area contributed by atoms with E-state index in [1.54, 1.807) is 12.1 Å². The van der Waals surface area contributed by atoms with Crippen molar-refractivity contribution in [2.45, 2.75) is 12.5 Å². The largest absolute Gasteiger partial charge is 0.508 e. The molecule has 136 valence electrons. The van der Waals surface area contributed by atoms with Gasteiger partial charge >= 0.3 is 0 Å². The molecule has 0 saturated heterocycles. The van der Waals surface area contributed by atoms with Crippen LogP contribution in [0.15, 0.2) is 71.7 Å². The Morgan fingerprint density at radius 2 is 1.78 bits per heavy atom. The zero-order chi connectivity index (χ0) is 18.8. The molecule has 4 rings (SSSR count). The Labute approximate surface area is 168 Å². The first-order chi connectivity index (χ1) is 13.1. The van der Waals surface area contributed by atoms with Gasteiger partial charge in [0.25, 0.3) is 0 Å². The molecular weight excluding hydrogens is 379 g/mol. The predicted molar refractivity (Wildman–Crippen MR) is 113 cm³/mol. The predicted octanol–water partition coefficient (Wildman–Crippen LogP) is 5.57. The highest BCUT2D eigenvalue weighted by Gasteiger charge is 2.21. The van der Waals surface area contributed by atoms with Gasteiger partial charge in [-0.3, -0.25) is 4.99 Å². The van der Waals surface area contributed by atoms with Gasteiger partial charge in [-0.05, 0) is 60.5 Å². The van der Waals surface area contributed by atoms with Crippen molar-refractivity contribution in [3.63, 3.8) is 0 Å². The number of halogens is 2. The van der Waals surface area contributed by atoms with Crippen LogP contribution >= 0.6 is 23.2 Å². The Bertz CT molecular complexity index is 999. The second-order valence-electron chi connectivity index (χ2n) is 6.54. The van der Waals surface area contributed by atoms with Gasteiger partial charge < -0.3 is 10.4 Å². The summed E-state index contributed by atoms with van der Waals surface area (Å²) in [4.78, 5) is 5.05. The number of hydrogen-bond acceptors (Lipinski definition) is 3. The number of benzodiazepines with no additional fused rings is 1. The number of aliphatic imine (C=N–C) groups is 1. The third-order valence-corrected chi connectivity index (χ3v) is 5.23. The summed E-state index contributed by atoms with van der Waals surface area (Å²) in [5.41, 5.74) is 4.81. The first-order valence-electron chi connectivity index (χ1n) is 8.74. The Morgan fingerprint density at radius 1 is 1.00 bits per heavy atom. The zero-order valence-electron chi connectivity index (χ0n) is 14.5. The van der Waals surface area contributed by atoms with Crippen LogP contribution in [0.25, 0.3) is 0 Å². The van der Waals surface area contributed by atoms with Crippen LogP contribution in [0.1, 0.15) is 16.7 Å². The molecule has 3 aromatic carbocycles. The van der Waals surface area contributed by atoms with E-state index in [1.807, 2.05) is 54.6 Å². The number of aromatic hydroxyl groups is 1. The Balaban J connectivity index is 1.78. The third kappa shape index (κ3) is 3.95. The first kappa shape index (κ1) is 17.9. The number of fused-ring (bicyclic) bond motifs is 1. The van der Waals surface area contributed by atoms with E-state index >= 15 is 0 Å². The van der Waals surface area contributed by atoms with E-state index in [0.29, 0.717) is 11.6 Å². The average Bonchev–Trinajstić information content (AvgIpc) is 2.84. The summed E-state index contributed by atoms with van der Waals surface area (Å²) in [6.07, 6.45) is 0.732. The van der Waals surface area contributed by atoms with Crippen molar-refractivity contribution < 1.29 is 5.11 Å². The van der Waals surface area contributed by atoms with Crippen LogP contribution < -0.4 is 5.32 Å². The molecule has 1 heterocycles. The van der Waals surface area contributed by atoms with Crippen LogP contribution in [0.4, 0.5) is 5.69 Å². The number of hydrogen-bond donors (Lipinski definition) is 2. The molecule has 1 unspecified atom stereocenters. The monoisotopic (exact) mass is 396 g/mol. The highest BCUT2D eigenvalue weighted by Crippen LogP contribution is 2.28. The van der Waals surface area contributed by atoms with Gasteiger partial charge in [-0.25, -0.2) is 0 Å². The SMILES string of the molecule is Oc1ccc(C2=NC(Cc3ccccc3Cl)CNc3ccc(Cl)cc32)cc1. The van der Waals surface area contributed by atoms with Crippen molar-refractivity contribution in [2.75, 3.05) is 11.9 Å². The topological polar surface area (TPSA) is 44.6 Å². The van der Waals surface area contributed by atoms with Gasteiger partial charge in [-0.1, -0.05) is 41.4 Å². The molecule has 3 nitrogen and oxygen atoms in total. The number of rotatable bonds is 3. The Morgan fingerprint density at radius 3 is 2.56 bits per heavy atom. The molecule has 1 aliphatic heterocycles. The van der Waals surface area contributed by atoms with Crippen molar-refractivity contribution in [2.24, 2.45) is 4.99 Å². The summed E-state index contributed by atoms with van der Waals surface area (Å²) in [5, 5.41) is 14.5. The van der Waals surface area contributed by atoms with Crippen molar-refractivity contribution >= 4 is 34.6 Å². The smallest absolute Gasteiger partial charge is 0.115 e. The average molecular weight is 397 g/mol. The summed E-state index contributed by atoms with van der Waals surface area (Å²) >= 11 is 12.6. The summed E-state index contributed by atoms with van der Waals surface area (Å²) in [5.74, 6) is 0.227. The van der Waals surface area contributed by atoms with Gasteiger partial charge in [0.15, 0.2) is 0 Å². The lowest BCUT2D eigenvalue weighted by atomic mass is 10.00. The maximum atomic E-state index is 9.64. The van der Waals surface area contributed by atoms with Crippen LogP contribution in [-0.4, -0.2) is 23.4 Å². The van der Waals surface area contributed by atoms with Crippen LogP contribution in [-0.2, 0) is 6.42 Å². The molecule has 5 heteroatoms. The maximum absolute atomic E-state index is 9.64. The van der Waals surface area contributed by atoms with Gasteiger partial charge in [0, 0.05) is 33.4 Å². The van der Waals surface area contributed by atoms with Crippen LogP contribution in [0, 0.1) is 0 Å². The van der Waals surface area contributed by atoms with Crippen molar-refractivity contribution in [3.05, 3.63) is 93.5 Å². The number of nitrogens with one attached hydrogen (secondary N) is 1. The second-order valence-corrected chi connectivity index (χ2v) is 7.39. The highest BCUT2D eigenvalue weighted by molar-refractivity contribution is 6.32. The van der Waals surface area contributed by atoms with Crippen LogP contribution in [0.5, 0.6) is 5.75 Å². The Hall–Kier alpha value is -2.49. The molecule has 2 N–H and O–H groups in total. The summed E-state index contributed by atoms with van der Waals surface area (Å²) in [7, 11) is 0. The van der Waals surface area contributed by atoms with E-state index in [9.17, 15) is 5.11 Å². The highest BCUT2D eigenvalue weighted by atomic mass is 35.5. The number of phenolic OH excluding ortho intramolecular Hbond substituents is 1. The molecule has 0 fully saturated rings. The second kappa shape index (κ2) is 7.63. The molecule has 27 heavy (non-hydrogen) atoms. The Kier molecular flexibility index (Phi) is 5.06. The molecule has 0 radical (unpaired) electrons. The molecule has 3 aromatic rings. The summed E-state index contributed by atoms with van der Waals surface area (Å²) in [6, 6.07) is 20.7. The fourth-order valence-electron chi connectivity index (χ4n) is 3.28. The summed E-state index contributed by atoms with van der Waals surface area (Å²) < 4.78 is 0. The fourth-order valence-corrected chi connectivity index (χ4v) is 3.66. The normalized spacial score (nSPS) is 16.1. The lowest BCUT2D eigenvalue weighted by Crippen LogP contribution is -2.20. The molecule has 0 aromatic heterocycles. The van der Waals surface area contributed by atoms with Gasteiger partial charge in [0.05, 0.1) is 11.8 Å². The third-order valence-electron chi connectivity index (χ3n) is 4.63. The standard InChI is InChI=1S/C22H18Cl2N2O/c23-16-7-10-21-19(12-16)22(14-5-8-18(27)9-6-14)26-17(13-25-21)11-15-3-1-2-4-20(15)24/h1-10,12,17,25,27H,11,13H2. The van der Waals surface area contributed by atoms with Crippen molar-refractivity contribution in [3.8, 4) is 5.75 Å². The van der Waals surface area contributed by atoms with Crippen molar-refractivity contribution in [1.29, 1.82) is 0 Å². The first-order valence-corrected chi connectivity index (χ1v) is 9.50. The quantitative estimate of drug-likeness (QED) is 0.607. The molecule has 1 atom stereocenters. The molecule has 0 spiro atoms. The molecule has 1 aliphatic rings. The van der Waals surface area contributed by atoms with Crippen LogP contribution in [0.3, 0.4) is 0 Å². The molecule has 0 bridgehead atoms. The minimum absolute atomic E-state index is 0.0138. The molecule has 0 amide bonds. The lowest BCUT2D eigenvalue weighted by molar-refractivity contribution is 0.475. The van der Waals surface area contributed by atoms with E-state index in [0.717, 1.165) is 39.5 Å². The summed E-state index contributed by atoms with van der Waals surface area (Å²) in [6.45, 7) is 0.696. The van der Waals surface area contributed by atoms with E-state index in [2.05, 4.69) is 5.32 Å². The fraction of sp³-hybridized carbons (Fsp3) is 0.136. The van der Waals surface area contributed by atoms with E-state index in [4.69, 9.17) is 28.2 Å². The van der Waals surface area contributed by atoms with E-state index < -0.39 is 0 Å². The minimum atomic E-state index is 0.0138.